The van der Waals surface area contributed by atoms with Gasteiger partial charge in [-0.3, -0.25) is 0 Å². The third kappa shape index (κ3) is 4.41. The molecule has 0 aromatic heterocycles. The Hall–Kier alpha value is -0.170. The Morgan fingerprint density at radius 2 is 1.75 bits per heavy atom. The van der Waals surface area contributed by atoms with Gasteiger partial charge >= 0.3 is 0 Å². The standard InChI is InChI=1S/C14H31N3O2S/c1-5-14(6-2)16(4)20(18,19)17-10-8-13(9-11-17)12-15-7-3/h13-15H,5-12H2,1-4H3. The highest BCUT2D eigenvalue weighted by Gasteiger charge is 2.33. The number of rotatable bonds is 8. The highest BCUT2D eigenvalue weighted by molar-refractivity contribution is 7.86. The van der Waals surface area contributed by atoms with Gasteiger partial charge in [0.25, 0.3) is 10.2 Å². The molecule has 0 amide bonds. The average Bonchev–Trinajstić information content (AvgIpc) is 2.46. The number of nitrogens with one attached hydrogen (secondary N) is 1. The summed E-state index contributed by atoms with van der Waals surface area (Å²) in [6, 6.07) is 0.111. The van der Waals surface area contributed by atoms with Gasteiger partial charge in [-0.05, 0) is 44.7 Å². The third-order valence-electron chi connectivity index (χ3n) is 4.40. The molecule has 0 aromatic carbocycles. The van der Waals surface area contributed by atoms with Crippen LogP contribution in [-0.2, 0) is 10.2 Å². The summed E-state index contributed by atoms with van der Waals surface area (Å²) in [6.45, 7) is 9.49. The maximum absolute atomic E-state index is 12.6. The van der Waals surface area contributed by atoms with Gasteiger partial charge in [0, 0.05) is 26.2 Å². The van der Waals surface area contributed by atoms with Crippen molar-refractivity contribution < 1.29 is 8.42 Å². The Morgan fingerprint density at radius 3 is 2.20 bits per heavy atom. The van der Waals surface area contributed by atoms with Crippen LogP contribution >= 0.6 is 0 Å². The summed E-state index contributed by atoms with van der Waals surface area (Å²) in [5, 5.41) is 3.35. The molecular formula is C14H31N3O2S. The first-order valence-electron chi connectivity index (χ1n) is 7.91. The molecule has 0 atom stereocenters. The fraction of sp³-hybridized carbons (Fsp3) is 1.00. The summed E-state index contributed by atoms with van der Waals surface area (Å²) >= 11 is 0. The van der Waals surface area contributed by atoms with Crippen molar-refractivity contribution in [1.82, 2.24) is 13.9 Å². The van der Waals surface area contributed by atoms with E-state index in [1.165, 1.54) is 0 Å². The molecule has 0 aliphatic carbocycles. The Kier molecular flexibility index (Phi) is 7.43. The molecule has 1 aliphatic rings. The molecule has 0 spiro atoms. The number of nitrogens with zero attached hydrogens (tertiary/aromatic N) is 2. The summed E-state index contributed by atoms with van der Waals surface area (Å²) in [5.41, 5.74) is 0. The van der Waals surface area contributed by atoms with E-state index >= 15 is 0 Å². The van der Waals surface area contributed by atoms with E-state index in [2.05, 4.69) is 12.2 Å². The summed E-state index contributed by atoms with van der Waals surface area (Å²) < 4.78 is 28.4. The minimum Gasteiger partial charge on any atom is -0.317 e. The lowest BCUT2D eigenvalue weighted by Crippen LogP contribution is -2.49. The number of piperidine rings is 1. The van der Waals surface area contributed by atoms with E-state index < -0.39 is 10.2 Å². The van der Waals surface area contributed by atoms with Crippen LogP contribution in [0.1, 0.15) is 46.5 Å². The van der Waals surface area contributed by atoms with Crippen molar-refractivity contribution in [1.29, 1.82) is 0 Å². The van der Waals surface area contributed by atoms with E-state index in [1.807, 2.05) is 13.8 Å². The third-order valence-corrected chi connectivity index (χ3v) is 6.45. The van der Waals surface area contributed by atoms with Crippen molar-refractivity contribution in [2.45, 2.75) is 52.5 Å². The Bertz CT molecular complexity index is 361. The van der Waals surface area contributed by atoms with Crippen LogP contribution in [-0.4, -0.2) is 56.3 Å². The minimum absolute atomic E-state index is 0.111. The molecule has 1 aliphatic heterocycles. The van der Waals surface area contributed by atoms with Gasteiger partial charge in [0.2, 0.25) is 0 Å². The van der Waals surface area contributed by atoms with Crippen molar-refractivity contribution in [2.24, 2.45) is 5.92 Å². The van der Waals surface area contributed by atoms with Crippen LogP contribution in [0.4, 0.5) is 0 Å². The molecule has 0 bridgehead atoms. The Morgan fingerprint density at radius 1 is 1.20 bits per heavy atom. The van der Waals surface area contributed by atoms with Crippen LogP contribution in [0.15, 0.2) is 0 Å². The van der Waals surface area contributed by atoms with Crippen LogP contribution in [0.25, 0.3) is 0 Å². The van der Waals surface area contributed by atoms with Gasteiger partial charge < -0.3 is 5.32 Å². The van der Waals surface area contributed by atoms with E-state index in [9.17, 15) is 8.42 Å². The maximum Gasteiger partial charge on any atom is 0.281 e. The van der Waals surface area contributed by atoms with Crippen molar-refractivity contribution >= 4 is 10.2 Å². The van der Waals surface area contributed by atoms with Crippen molar-refractivity contribution in [3.63, 3.8) is 0 Å². The quantitative estimate of drug-likeness (QED) is 0.742. The largest absolute Gasteiger partial charge is 0.317 e. The summed E-state index contributed by atoms with van der Waals surface area (Å²) in [4.78, 5) is 0. The molecular weight excluding hydrogens is 274 g/mol. The van der Waals surface area contributed by atoms with Crippen molar-refractivity contribution in [3.05, 3.63) is 0 Å². The molecule has 0 aromatic rings. The van der Waals surface area contributed by atoms with E-state index in [4.69, 9.17) is 0 Å². The normalized spacial score (nSPS) is 19.1. The molecule has 0 radical (unpaired) electrons. The molecule has 0 unspecified atom stereocenters. The van der Waals surface area contributed by atoms with E-state index in [1.54, 1.807) is 15.7 Å². The summed E-state index contributed by atoms with van der Waals surface area (Å²) in [6.07, 6.45) is 3.65. The summed E-state index contributed by atoms with van der Waals surface area (Å²) in [7, 11) is -1.56. The fourth-order valence-electron chi connectivity index (χ4n) is 2.87. The van der Waals surface area contributed by atoms with Gasteiger partial charge in [-0.25, -0.2) is 0 Å². The van der Waals surface area contributed by atoms with Gasteiger partial charge in [-0.1, -0.05) is 20.8 Å². The first-order chi connectivity index (χ1) is 9.47. The van der Waals surface area contributed by atoms with Crippen LogP contribution in [0.2, 0.25) is 0 Å². The fourth-order valence-corrected chi connectivity index (χ4v) is 4.58. The lowest BCUT2D eigenvalue weighted by molar-refractivity contribution is 0.242. The zero-order chi connectivity index (χ0) is 15.2. The SMILES string of the molecule is CCNCC1CCN(S(=O)(=O)N(C)C(CC)CC)CC1. The molecule has 1 rings (SSSR count). The second-order valence-electron chi connectivity index (χ2n) is 5.64. The predicted octanol–water partition coefficient (Wildman–Crippen LogP) is 1.67. The van der Waals surface area contributed by atoms with Crippen LogP contribution in [0.3, 0.4) is 0 Å². The topological polar surface area (TPSA) is 52.7 Å². The Balaban J connectivity index is 2.58. The Labute approximate surface area is 124 Å². The zero-order valence-corrected chi connectivity index (χ0v) is 14.2. The second kappa shape index (κ2) is 8.32. The number of hydrogen-bond acceptors (Lipinski definition) is 3. The maximum atomic E-state index is 12.6. The van der Waals surface area contributed by atoms with Gasteiger partial charge in [-0.15, -0.1) is 0 Å². The van der Waals surface area contributed by atoms with Gasteiger partial charge in [0.15, 0.2) is 0 Å². The smallest absolute Gasteiger partial charge is 0.281 e. The van der Waals surface area contributed by atoms with E-state index in [-0.39, 0.29) is 6.04 Å². The van der Waals surface area contributed by atoms with Crippen molar-refractivity contribution in [3.8, 4) is 0 Å². The molecule has 1 fully saturated rings. The monoisotopic (exact) mass is 305 g/mol. The lowest BCUT2D eigenvalue weighted by Gasteiger charge is -2.36. The predicted molar refractivity (Wildman–Crippen MR) is 83.9 cm³/mol. The molecule has 120 valence electrons. The van der Waals surface area contributed by atoms with Crippen LogP contribution < -0.4 is 5.32 Å². The molecule has 5 nitrogen and oxygen atoms in total. The van der Waals surface area contributed by atoms with Gasteiger partial charge in [0.05, 0.1) is 0 Å². The molecule has 0 saturated carbocycles. The number of hydrogen-bond donors (Lipinski definition) is 1. The van der Waals surface area contributed by atoms with Crippen molar-refractivity contribution in [2.75, 3.05) is 33.2 Å². The second-order valence-corrected chi connectivity index (χ2v) is 7.63. The first kappa shape index (κ1) is 17.9. The van der Waals surface area contributed by atoms with Crippen LogP contribution in [0, 0.1) is 5.92 Å². The lowest BCUT2D eigenvalue weighted by atomic mass is 9.98. The van der Waals surface area contributed by atoms with E-state index in [0.717, 1.165) is 38.8 Å². The zero-order valence-electron chi connectivity index (χ0n) is 13.4. The molecule has 1 heterocycles. The van der Waals surface area contributed by atoms with E-state index in [0.29, 0.717) is 19.0 Å². The highest BCUT2D eigenvalue weighted by Crippen LogP contribution is 2.22. The van der Waals surface area contributed by atoms with Gasteiger partial charge in [0.1, 0.15) is 0 Å². The highest BCUT2D eigenvalue weighted by atomic mass is 32.2. The molecule has 1 N–H and O–H groups in total. The minimum atomic E-state index is -3.28. The molecule has 6 heteroatoms. The molecule has 1 saturated heterocycles. The van der Waals surface area contributed by atoms with Gasteiger partial charge in [-0.2, -0.15) is 17.0 Å². The van der Waals surface area contributed by atoms with Crippen LogP contribution in [0.5, 0.6) is 0 Å². The first-order valence-corrected chi connectivity index (χ1v) is 9.30. The molecule has 20 heavy (non-hydrogen) atoms. The summed E-state index contributed by atoms with van der Waals surface area (Å²) in [5.74, 6) is 0.611. The average molecular weight is 305 g/mol.